The predicted octanol–water partition coefficient (Wildman–Crippen LogP) is 0.328. The second kappa shape index (κ2) is 7.22. The largest absolute Gasteiger partial charge is 0.396 e. The van der Waals surface area contributed by atoms with Gasteiger partial charge in [0.1, 0.15) is 6.61 Å². The molecular weight excluding hydrogens is 244 g/mol. The minimum Gasteiger partial charge on any atom is -0.396 e. The molecule has 2 rings (SSSR count). The van der Waals surface area contributed by atoms with Crippen LogP contribution in [0.2, 0.25) is 0 Å². The van der Waals surface area contributed by atoms with Crippen molar-refractivity contribution in [1.82, 2.24) is 9.80 Å². The summed E-state index contributed by atoms with van der Waals surface area (Å²) in [5, 5.41) is 9.08. The number of nitrogens with zero attached hydrogens (tertiary/aromatic N) is 2. The molecule has 0 bridgehead atoms. The van der Waals surface area contributed by atoms with Gasteiger partial charge in [0, 0.05) is 32.8 Å². The van der Waals surface area contributed by atoms with Crippen LogP contribution >= 0.6 is 0 Å². The Morgan fingerprint density at radius 3 is 2.37 bits per heavy atom. The van der Waals surface area contributed by atoms with Gasteiger partial charge in [-0.2, -0.15) is 0 Å². The molecule has 0 radical (unpaired) electrons. The Morgan fingerprint density at radius 1 is 1.16 bits per heavy atom. The van der Waals surface area contributed by atoms with E-state index >= 15 is 0 Å². The fourth-order valence-corrected chi connectivity index (χ4v) is 2.82. The van der Waals surface area contributed by atoms with Crippen LogP contribution in [-0.2, 0) is 9.53 Å². The van der Waals surface area contributed by atoms with E-state index < -0.39 is 0 Å². The summed E-state index contributed by atoms with van der Waals surface area (Å²) in [7, 11) is 2.08. The standard InChI is InChI=1S/C14H26N2O3/c1-15-6-8-16(9-7-15)14(18)11-19-13-4-2-12(10-17)3-5-13/h12-13,17H,2-11H2,1H3. The summed E-state index contributed by atoms with van der Waals surface area (Å²) in [6.07, 6.45) is 4.19. The molecule has 19 heavy (non-hydrogen) atoms. The van der Waals surface area contributed by atoms with E-state index in [0.29, 0.717) is 5.92 Å². The number of carbonyl (C=O) groups is 1. The van der Waals surface area contributed by atoms with E-state index in [9.17, 15) is 4.79 Å². The van der Waals surface area contributed by atoms with Gasteiger partial charge in [-0.15, -0.1) is 0 Å². The number of piperazine rings is 1. The maximum absolute atomic E-state index is 12.0. The van der Waals surface area contributed by atoms with Crippen molar-refractivity contribution in [2.45, 2.75) is 31.8 Å². The average molecular weight is 270 g/mol. The molecule has 1 aliphatic heterocycles. The molecule has 0 unspecified atom stereocenters. The van der Waals surface area contributed by atoms with Crippen molar-refractivity contribution in [1.29, 1.82) is 0 Å². The van der Waals surface area contributed by atoms with Crippen LogP contribution in [0.15, 0.2) is 0 Å². The molecule has 1 heterocycles. The SMILES string of the molecule is CN1CCN(C(=O)COC2CCC(CO)CC2)CC1. The van der Waals surface area contributed by atoms with E-state index in [2.05, 4.69) is 11.9 Å². The van der Waals surface area contributed by atoms with E-state index in [4.69, 9.17) is 9.84 Å². The first-order valence-corrected chi connectivity index (χ1v) is 7.38. The minimum atomic E-state index is 0.123. The number of likely N-dealkylation sites (N-methyl/N-ethyl adjacent to an activating group) is 1. The predicted molar refractivity (Wildman–Crippen MR) is 72.9 cm³/mol. The molecule has 0 aromatic carbocycles. The number of hydrogen-bond acceptors (Lipinski definition) is 4. The third-order valence-corrected chi connectivity index (χ3v) is 4.35. The molecule has 110 valence electrons. The zero-order valence-electron chi connectivity index (χ0n) is 11.9. The van der Waals surface area contributed by atoms with E-state index in [-0.39, 0.29) is 25.2 Å². The van der Waals surface area contributed by atoms with Crippen molar-refractivity contribution in [3.05, 3.63) is 0 Å². The Balaban J connectivity index is 1.64. The lowest BCUT2D eigenvalue weighted by atomic mass is 9.88. The first kappa shape index (κ1) is 14.8. The van der Waals surface area contributed by atoms with Gasteiger partial charge in [0.15, 0.2) is 0 Å². The third kappa shape index (κ3) is 4.44. The molecule has 1 N–H and O–H groups in total. The van der Waals surface area contributed by atoms with Crippen molar-refractivity contribution in [2.24, 2.45) is 5.92 Å². The lowest BCUT2D eigenvalue weighted by Crippen LogP contribution is -2.48. The number of hydrogen-bond donors (Lipinski definition) is 1. The number of rotatable bonds is 4. The molecule has 2 aliphatic rings. The fourth-order valence-electron chi connectivity index (χ4n) is 2.82. The molecule has 2 fully saturated rings. The summed E-state index contributed by atoms with van der Waals surface area (Å²) in [6, 6.07) is 0. The summed E-state index contributed by atoms with van der Waals surface area (Å²) in [4.78, 5) is 16.1. The van der Waals surface area contributed by atoms with Gasteiger partial charge in [0.25, 0.3) is 0 Å². The monoisotopic (exact) mass is 270 g/mol. The molecule has 0 atom stereocenters. The van der Waals surface area contributed by atoms with Crippen LogP contribution in [0.3, 0.4) is 0 Å². The van der Waals surface area contributed by atoms with E-state index in [1.807, 2.05) is 4.90 Å². The van der Waals surface area contributed by atoms with Gasteiger partial charge >= 0.3 is 0 Å². The highest BCUT2D eigenvalue weighted by Crippen LogP contribution is 2.25. The maximum atomic E-state index is 12.0. The Labute approximate surface area is 115 Å². The van der Waals surface area contributed by atoms with E-state index in [0.717, 1.165) is 51.9 Å². The molecule has 0 aromatic heterocycles. The summed E-state index contributed by atoms with van der Waals surface area (Å²) in [6.45, 7) is 4.04. The first-order valence-electron chi connectivity index (χ1n) is 7.38. The van der Waals surface area contributed by atoms with Crippen LogP contribution in [0.4, 0.5) is 0 Å². The number of amides is 1. The normalized spacial score (nSPS) is 29.5. The zero-order valence-corrected chi connectivity index (χ0v) is 11.9. The fraction of sp³-hybridized carbons (Fsp3) is 0.929. The first-order chi connectivity index (χ1) is 9.19. The van der Waals surface area contributed by atoms with Crippen molar-refractivity contribution >= 4 is 5.91 Å². The molecule has 1 saturated carbocycles. The number of aliphatic hydroxyl groups is 1. The van der Waals surface area contributed by atoms with Gasteiger partial charge < -0.3 is 19.6 Å². The molecule has 5 nitrogen and oxygen atoms in total. The Hall–Kier alpha value is -0.650. The van der Waals surface area contributed by atoms with Gasteiger partial charge in [0.2, 0.25) is 5.91 Å². The van der Waals surface area contributed by atoms with Crippen LogP contribution in [0.1, 0.15) is 25.7 Å². The molecule has 5 heteroatoms. The Bertz CT molecular complexity index is 282. The second-order valence-electron chi connectivity index (χ2n) is 5.82. The highest BCUT2D eigenvalue weighted by Gasteiger charge is 2.23. The smallest absolute Gasteiger partial charge is 0.248 e. The number of aliphatic hydroxyl groups excluding tert-OH is 1. The molecule has 1 amide bonds. The second-order valence-corrected chi connectivity index (χ2v) is 5.82. The number of carbonyl (C=O) groups excluding carboxylic acids is 1. The summed E-state index contributed by atoms with van der Waals surface area (Å²) >= 11 is 0. The van der Waals surface area contributed by atoms with E-state index in [1.165, 1.54) is 0 Å². The van der Waals surface area contributed by atoms with Crippen LogP contribution in [0.25, 0.3) is 0 Å². The number of ether oxygens (including phenoxy) is 1. The zero-order chi connectivity index (χ0) is 13.7. The Kier molecular flexibility index (Phi) is 5.60. The van der Waals surface area contributed by atoms with E-state index in [1.54, 1.807) is 0 Å². The van der Waals surface area contributed by atoms with Gasteiger partial charge in [-0.25, -0.2) is 0 Å². The van der Waals surface area contributed by atoms with Gasteiger partial charge in [-0.1, -0.05) is 0 Å². The van der Waals surface area contributed by atoms with Gasteiger partial charge in [-0.05, 0) is 38.6 Å². The Morgan fingerprint density at radius 2 is 1.79 bits per heavy atom. The highest BCUT2D eigenvalue weighted by atomic mass is 16.5. The molecule has 0 aromatic rings. The summed E-state index contributed by atoms with van der Waals surface area (Å²) in [5.41, 5.74) is 0. The van der Waals surface area contributed by atoms with Crippen LogP contribution in [0, 0.1) is 5.92 Å². The summed E-state index contributed by atoms with van der Waals surface area (Å²) < 4.78 is 5.73. The van der Waals surface area contributed by atoms with Crippen LogP contribution in [0.5, 0.6) is 0 Å². The van der Waals surface area contributed by atoms with Gasteiger partial charge in [-0.3, -0.25) is 4.79 Å². The molecule has 0 spiro atoms. The average Bonchev–Trinajstić information content (AvgIpc) is 2.46. The lowest BCUT2D eigenvalue weighted by molar-refractivity contribution is -0.140. The molecule has 1 saturated heterocycles. The lowest BCUT2D eigenvalue weighted by Gasteiger charge is -2.33. The molecular formula is C14H26N2O3. The topological polar surface area (TPSA) is 53.0 Å². The van der Waals surface area contributed by atoms with Crippen LogP contribution < -0.4 is 0 Å². The third-order valence-electron chi connectivity index (χ3n) is 4.35. The minimum absolute atomic E-state index is 0.123. The highest BCUT2D eigenvalue weighted by molar-refractivity contribution is 5.77. The van der Waals surface area contributed by atoms with Crippen molar-refractivity contribution in [3.8, 4) is 0 Å². The summed E-state index contributed by atoms with van der Waals surface area (Å²) in [5.74, 6) is 0.561. The van der Waals surface area contributed by atoms with Crippen molar-refractivity contribution in [2.75, 3.05) is 46.4 Å². The maximum Gasteiger partial charge on any atom is 0.248 e. The van der Waals surface area contributed by atoms with Crippen molar-refractivity contribution in [3.63, 3.8) is 0 Å². The van der Waals surface area contributed by atoms with Crippen molar-refractivity contribution < 1.29 is 14.6 Å². The van der Waals surface area contributed by atoms with Crippen LogP contribution in [-0.4, -0.2) is 73.4 Å². The molecule has 1 aliphatic carbocycles. The quantitative estimate of drug-likeness (QED) is 0.800. The van der Waals surface area contributed by atoms with Gasteiger partial charge in [0.05, 0.1) is 6.10 Å².